The monoisotopic (exact) mass is 269 g/mol. The first kappa shape index (κ1) is 14.7. The molecule has 0 aromatic carbocycles. The highest BCUT2D eigenvalue weighted by Gasteiger charge is 2.30. The molecule has 0 radical (unpaired) electrons. The van der Waals surface area contributed by atoms with Crippen molar-refractivity contribution >= 4 is 11.8 Å². The summed E-state index contributed by atoms with van der Waals surface area (Å²) in [5.74, 6) is 5.63. The van der Waals surface area contributed by atoms with Crippen molar-refractivity contribution in [3.63, 3.8) is 0 Å². The van der Waals surface area contributed by atoms with E-state index in [4.69, 9.17) is 0 Å². The summed E-state index contributed by atoms with van der Waals surface area (Å²) in [7, 11) is 0. The maximum Gasteiger partial charge on any atom is 0.00683 e. The highest BCUT2D eigenvalue weighted by atomic mass is 32.2. The van der Waals surface area contributed by atoms with Gasteiger partial charge in [-0.3, -0.25) is 0 Å². The molecule has 106 valence electrons. The van der Waals surface area contributed by atoms with Crippen molar-refractivity contribution in [3.8, 4) is 0 Å². The Morgan fingerprint density at radius 1 is 1.11 bits per heavy atom. The molecule has 18 heavy (non-hydrogen) atoms. The van der Waals surface area contributed by atoms with Gasteiger partial charge in [0.15, 0.2) is 0 Å². The lowest BCUT2D eigenvalue weighted by molar-refractivity contribution is 0.174. The van der Waals surface area contributed by atoms with Gasteiger partial charge in [-0.2, -0.15) is 11.8 Å². The molecule has 2 aliphatic rings. The molecule has 0 amide bonds. The number of nitrogens with one attached hydrogen (secondary N) is 1. The summed E-state index contributed by atoms with van der Waals surface area (Å²) in [6, 6.07) is 0.889. The summed E-state index contributed by atoms with van der Waals surface area (Å²) >= 11 is 2.11. The minimum Gasteiger partial charge on any atom is -0.314 e. The van der Waals surface area contributed by atoms with Crippen molar-refractivity contribution in [2.45, 2.75) is 64.8 Å². The Bertz CT molecular complexity index is 227. The van der Waals surface area contributed by atoms with Crippen LogP contribution < -0.4 is 5.32 Å². The second-order valence-electron chi connectivity index (χ2n) is 6.46. The van der Waals surface area contributed by atoms with Gasteiger partial charge in [0.1, 0.15) is 0 Å². The van der Waals surface area contributed by atoms with Gasteiger partial charge < -0.3 is 5.32 Å². The Kier molecular flexibility index (Phi) is 6.37. The first-order valence-corrected chi connectivity index (χ1v) is 9.26. The average molecular weight is 269 g/mol. The molecule has 2 fully saturated rings. The molecular weight excluding hydrogens is 238 g/mol. The first-order chi connectivity index (χ1) is 8.79. The Morgan fingerprint density at radius 2 is 1.94 bits per heavy atom. The number of rotatable bonds is 8. The molecule has 1 N–H and O–H groups in total. The third-order valence-electron chi connectivity index (χ3n) is 4.72. The largest absolute Gasteiger partial charge is 0.314 e. The summed E-state index contributed by atoms with van der Waals surface area (Å²) in [5, 5.41) is 3.77. The maximum absolute atomic E-state index is 3.77. The smallest absolute Gasteiger partial charge is 0.00683 e. The van der Waals surface area contributed by atoms with E-state index in [1.54, 1.807) is 0 Å². The molecule has 3 unspecified atom stereocenters. The minimum absolute atomic E-state index is 0.889. The fourth-order valence-electron chi connectivity index (χ4n) is 3.38. The third kappa shape index (κ3) is 5.13. The molecule has 0 aromatic heterocycles. The van der Waals surface area contributed by atoms with Crippen molar-refractivity contribution in [1.82, 2.24) is 5.32 Å². The van der Waals surface area contributed by atoms with E-state index in [0.29, 0.717) is 0 Å². The molecule has 0 heterocycles. The lowest BCUT2D eigenvalue weighted by atomic mass is 9.73. The van der Waals surface area contributed by atoms with Crippen LogP contribution in [0.4, 0.5) is 0 Å². The molecule has 0 aliphatic heterocycles. The van der Waals surface area contributed by atoms with Crippen molar-refractivity contribution < 1.29 is 0 Å². The van der Waals surface area contributed by atoms with Crippen LogP contribution in [0.1, 0.15) is 58.8 Å². The normalized spacial score (nSPS) is 32.7. The van der Waals surface area contributed by atoms with Crippen LogP contribution in [0.3, 0.4) is 0 Å². The molecule has 3 atom stereocenters. The van der Waals surface area contributed by atoms with Gasteiger partial charge in [0, 0.05) is 6.04 Å². The van der Waals surface area contributed by atoms with Gasteiger partial charge in [-0.25, -0.2) is 0 Å². The van der Waals surface area contributed by atoms with Crippen LogP contribution in [0.15, 0.2) is 0 Å². The summed E-state index contributed by atoms with van der Waals surface area (Å²) < 4.78 is 0. The van der Waals surface area contributed by atoms with Crippen LogP contribution in [0.5, 0.6) is 0 Å². The maximum atomic E-state index is 3.77. The zero-order valence-electron chi connectivity index (χ0n) is 12.3. The van der Waals surface area contributed by atoms with Gasteiger partial charge in [0.05, 0.1) is 0 Å². The third-order valence-corrected chi connectivity index (χ3v) is 5.70. The van der Waals surface area contributed by atoms with E-state index in [-0.39, 0.29) is 0 Å². The molecule has 0 bridgehead atoms. The van der Waals surface area contributed by atoms with E-state index in [0.717, 1.165) is 23.8 Å². The van der Waals surface area contributed by atoms with Gasteiger partial charge in [0.2, 0.25) is 0 Å². The van der Waals surface area contributed by atoms with E-state index in [9.17, 15) is 0 Å². The Hall–Kier alpha value is 0.310. The number of hydrogen-bond acceptors (Lipinski definition) is 2. The predicted molar refractivity (Wildman–Crippen MR) is 83.3 cm³/mol. The molecule has 0 aromatic rings. The fourth-order valence-corrected chi connectivity index (χ4v) is 4.04. The van der Waals surface area contributed by atoms with Crippen molar-refractivity contribution in [3.05, 3.63) is 0 Å². The minimum atomic E-state index is 0.889. The summed E-state index contributed by atoms with van der Waals surface area (Å²) in [6.07, 6.45) is 10.2. The van der Waals surface area contributed by atoms with Gasteiger partial charge >= 0.3 is 0 Å². The highest BCUT2D eigenvalue weighted by molar-refractivity contribution is 7.99. The Labute approximate surface area is 118 Å². The van der Waals surface area contributed by atoms with Crippen LogP contribution in [-0.4, -0.2) is 24.1 Å². The number of hydrogen-bond donors (Lipinski definition) is 1. The standard InChI is InChI=1S/C16H31NS/c1-3-18-10-4-5-14-11-13(2)6-7-15(14)12-17-16-8-9-16/h13-17H,3-12H2,1-2H3. The van der Waals surface area contributed by atoms with Crippen LogP contribution in [0.25, 0.3) is 0 Å². The second-order valence-corrected chi connectivity index (χ2v) is 7.85. The molecule has 1 nitrogen and oxygen atoms in total. The molecule has 2 aliphatic carbocycles. The summed E-state index contributed by atoms with van der Waals surface area (Å²) in [4.78, 5) is 0. The van der Waals surface area contributed by atoms with Crippen molar-refractivity contribution in [1.29, 1.82) is 0 Å². The quantitative estimate of drug-likeness (QED) is 0.658. The van der Waals surface area contributed by atoms with Gasteiger partial charge in [-0.15, -0.1) is 0 Å². The highest BCUT2D eigenvalue weighted by Crippen LogP contribution is 2.36. The summed E-state index contributed by atoms with van der Waals surface area (Å²) in [5.41, 5.74) is 0. The summed E-state index contributed by atoms with van der Waals surface area (Å²) in [6.45, 7) is 6.04. The van der Waals surface area contributed by atoms with Crippen LogP contribution >= 0.6 is 11.8 Å². The van der Waals surface area contributed by atoms with E-state index >= 15 is 0 Å². The number of thioether (sulfide) groups is 1. The van der Waals surface area contributed by atoms with E-state index in [2.05, 4.69) is 30.9 Å². The molecule has 0 spiro atoms. The van der Waals surface area contributed by atoms with Gasteiger partial charge in [0.25, 0.3) is 0 Å². The lowest BCUT2D eigenvalue weighted by Crippen LogP contribution is -2.33. The van der Waals surface area contributed by atoms with Gasteiger partial charge in [-0.1, -0.05) is 20.3 Å². The zero-order valence-corrected chi connectivity index (χ0v) is 13.1. The molecule has 2 saturated carbocycles. The topological polar surface area (TPSA) is 12.0 Å². The molecular formula is C16H31NS. The molecule has 2 heteroatoms. The van der Waals surface area contributed by atoms with Gasteiger partial charge in [-0.05, 0) is 74.3 Å². The predicted octanol–water partition coefficient (Wildman–Crippen LogP) is 4.32. The second kappa shape index (κ2) is 7.79. The van der Waals surface area contributed by atoms with Crippen LogP contribution in [-0.2, 0) is 0 Å². The van der Waals surface area contributed by atoms with Crippen LogP contribution in [0, 0.1) is 17.8 Å². The van der Waals surface area contributed by atoms with E-state index in [1.165, 1.54) is 63.0 Å². The van der Waals surface area contributed by atoms with E-state index in [1.807, 2.05) is 0 Å². The first-order valence-electron chi connectivity index (χ1n) is 8.10. The molecule has 2 rings (SSSR count). The van der Waals surface area contributed by atoms with Crippen LogP contribution in [0.2, 0.25) is 0 Å². The Morgan fingerprint density at radius 3 is 2.67 bits per heavy atom. The molecule has 0 saturated heterocycles. The average Bonchev–Trinajstić information content (AvgIpc) is 3.17. The van der Waals surface area contributed by atoms with Crippen molar-refractivity contribution in [2.24, 2.45) is 17.8 Å². The zero-order chi connectivity index (χ0) is 12.8. The Balaban J connectivity index is 1.69. The van der Waals surface area contributed by atoms with Crippen molar-refractivity contribution in [2.75, 3.05) is 18.1 Å². The lowest BCUT2D eigenvalue weighted by Gasteiger charge is -2.35. The fraction of sp³-hybridized carbons (Fsp3) is 1.00. The van der Waals surface area contributed by atoms with E-state index < -0.39 is 0 Å². The SMILES string of the molecule is CCSCCCC1CC(C)CCC1CNC1CC1.